The van der Waals surface area contributed by atoms with Crippen LogP contribution in [0.3, 0.4) is 0 Å². The molecule has 0 aromatic carbocycles. The summed E-state index contributed by atoms with van der Waals surface area (Å²) in [5.74, 6) is 0.946. The lowest BCUT2D eigenvalue weighted by Gasteiger charge is -2.31. The van der Waals surface area contributed by atoms with Crippen LogP contribution in [0.4, 0.5) is 0 Å². The molecule has 128 valence electrons. The van der Waals surface area contributed by atoms with E-state index >= 15 is 0 Å². The van der Waals surface area contributed by atoms with Crippen LogP contribution in [0, 0.1) is 0 Å². The molecule has 0 saturated heterocycles. The van der Waals surface area contributed by atoms with Gasteiger partial charge in [-0.15, -0.1) is 0 Å². The molecule has 0 fully saturated rings. The van der Waals surface area contributed by atoms with E-state index in [1.54, 1.807) is 7.11 Å². The number of hydrogen-bond donors (Lipinski definition) is 0. The zero-order valence-electron chi connectivity index (χ0n) is 16.3. The third-order valence-electron chi connectivity index (χ3n) is 5.46. The van der Waals surface area contributed by atoms with Gasteiger partial charge < -0.3 is 4.74 Å². The van der Waals surface area contributed by atoms with Crippen LogP contribution in [0.5, 0.6) is 5.75 Å². The van der Waals surface area contributed by atoms with E-state index in [2.05, 4.69) is 53.8 Å². The first-order valence-electron chi connectivity index (χ1n) is 8.95. The van der Waals surface area contributed by atoms with Crippen molar-refractivity contribution in [3.05, 3.63) is 23.5 Å². The minimum Gasteiger partial charge on any atom is -0.495 e. The lowest BCUT2D eigenvalue weighted by molar-refractivity contribution is 0.359. The Balaban J connectivity index is 0.00000211. The van der Waals surface area contributed by atoms with E-state index < -0.39 is 0 Å². The van der Waals surface area contributed by atoms with Crippen LogP contribution in [-0.2, 0) is 10.8 Å². The van der Waals surface area contributed by atoms with Crippen LogP contribution in [0.1, 0.15) is 92.3 Å². The highest BCUT2D eigenvalue weighted by molar-refractivity contribution is 5.39. The van der Waals surface area contributed by atoms with Gasteiger partial charge in [-0.25, -0.2) is 0 Å². The van der Waals surface area contributed by atoms with Gasteiger partial charge in [0.25, 0.3) is 0 Å². The Morgan fingerprint density at radius 1 is 0.909 bits per heavy atom. The maximum atomic E-state index is 5.66. The van der Waals surface area contributed by atoms with E-state index in [0.29, 0.717) is 0 Å². The number of methoxy groups -OCH3 is 1. The highest BCUT2D eigenvalue weighted by Crippen LogP contribution is 2.39. The molecule has 2 nitrogen and oxygen atoms in total. The van der Waals surface area contributed by atoms with Crippen molar-refractivity contribution in [3.63, 3.8) is 0 Å². The van der Waals surface area contributed by atoms with Crippen LogP contribution in [0.2, 0.25) is 0 Å². The number of aromatic nitrogens is 1. The monoisotopic (exact) mass is 307 g/mol. The standard InChI is InChI=1S/C18H31NO.C2H6/c1-8-17(5,9-2)14-12-15(20-7)16(19-13-14)18(6,10-3)11-4;1-2/h12-13H,8-11H2,1-7H3;1-2H3. The van der Waals surface area contributed by atoms with E-state index in [4.69, 9.17) is 9.72 Å². The molecule has 0 atom stereocenters. The molecule has 22 heavy (non-hydrogen) atoms. The van der Waals surface area contributed by atoms with Gasteiger partial charge in [-0.2, -0.15) is 0 Å². The van der Waals surface area contributed by atoms with Gasteiger partial charge >= 0.3 is 0 Å². The molecule has 2 heteroatoms. The first-order chi connectivity index (χ1) is 10.4. The molecule has 0 radical (unpaired) electrons. The number of nitrogens with zero attached hydrogens (tertiary/aromatic N) is 1. The summed E-state index contributed by atoms with van der Waals surface area (Å²) in [4.78, 5) is 4.80. The Morgan fingerprint density at radius 2 is 1.36 bits per heavy atom. The van der Waals surface area contributed by atoms with Gasteiger partial charge in [0.15, 0.2) is 0 Å². The summed E-state index contributed by atoms with van der Waals surface area (Å²) < 4.78 is 5.66. The zero-order valence-corrected chi connectivity index (χ0v) is 16.3. The second-order valence-corrected chi connectivity index (χ2v) is 6.31. The molecule has 0 aliphatic carbocycles. The first-order valence-corrected chi connectivity index (χ1v) is 8.95. The summed E-state index contributed by atoms with van der Waals surface area (Å²) in [5.41, 5.74) is 2.67. The van der Waals surface area contributed by atoms with Gasteiger partial charge in [0.05, 0.1) is 12.8 Å². The molecular weight excluding hydrogens is 270 g/mol. The SMILES string of the molecule is CC.CCC(C)(CC)c1cnc(C(C)(CC)CC)c(OC)c1. The summed E-state index contributed by atoms with van der Waals surface area (Å²) >= 11 is 0. The Hall–Kier alpha value is -1.05. The molecule has 1 aromatic heterocycles. The Bertz CT molecular complexity index is 431. The van der Waals surface area contributed by atoms with Crippen molar-refractivity contribution in [2.24, 2.45) is 0 Å². The quantitative estimate of drug-likeness (QED) is 0.592. The smallest absolute Gasteiger partial charge is 0.141 e. The highest BCUT2D eigenvalue weighted by atomic mass is 16.5. The summed E-state index contributed by atoms with van der Waals surface area (Å²) in [6, 6.07) is 2.21. The first kappa shape index (κ1) is 20.9. The molecule has 0 unspecified atom stereocenters. The maximum absolute atomic E-state index is 5.66. The van der Waals surface area contributed by atoms with Gasteiger partial charge in [0, 0.05) is 11.6 Å². The van der Waals surface area contributed by atoms with Crippen molar-refractivity contribution in [2.45, 2.75) is 91.9 Å². The lowest BCUT2D eigenvalue weighted by Crippen LogP contribution is -2.25. The van der Waals surface area contributed by atoms with Gasteiger partial charge in [-0.3, -0.25) is 4.98 Å². The average Bonchev–Trinajstić information content (AvgIpc) is 2.61. The van der Waals surface area contributed by atoms with Crippen LogP contribution < -0.4 is 4.74 Å². The molecule has 0 aliphatic heterocycles. The Morgan fingerprint density at radius 3 is 1.73 bits per heavy atom. The fraction of sp³-hybridized carbons (Fsp3) is 0.750. The summed E-state index contributed by atoms with van der Waals surface area (Å²) in [6.07, 6.45) is 6.45. The van der Waals surface area contributed by atoms with E-state index in [1.807, 2.05) is 13.8 Å². The Labute approximate surface area is 138 Å². The summed E-state index contributed by atoms with van der Waals surface area (Å²) in [6.45, 7) is 17.5. The second-order valence-electron chi connectivity index (χ2n) is 6.31. The largest absolute Gasteiger partial charge is 0.495 e. The predicted molar refractivity (Wildman–Crippen MR) is 98.0 cm³/mol. The normalized spacial score (nSPS) is 11.7. The predicted octanol–water partition coefficient (Wildman–Crippen LogP) is 6.27. The van der Waals surface area contributed by atoms with Crippen molar-refractivity contribution in [1.82, 2.24) is 4.98 Å². The van der Waals surface area contributed by atoms with Crippen molar-refractivity contribution < 1.29 is 4.74 Å². The van der Waals surface area contributed by atoms with Crippen LogP contribution in [0.25, 0.3) is 0 Å². The van der Waals surface area contributed by atoms with Crippen LogP contribution in [0.15, 0.2) is 12.3 Å². The summed E-state index contributed by atoms with van der Waals surface area (Å²) in [7, 11) is 1.76. The van der Waals surface area contributed by atoms with E-state index in [1.165, 1.54) is 5.56 Å². The lowest BCUT2D eigenvalue weighted by atomic mass is 9.76. The number of pyridine rings is 1. The van der Waals surface area contributed by atoms with E-state index in [-0.39, 0.29) is 10.8 Å². The molecular formula is C20H37NO. The topological polar surface area (TPSA) is 22.1 Å². The molecule has 0 bridgehead atoms. The van der Waals surface area contributed by atoms with Crippen LogP contribution in [-0.4, -0.2) is 12.1 Å². The number of rotatable bonds is 7. The Kier molecular flexibility index (Phi) is 8.73. The highest BCUT2D eigenvalue weighted by Gasteiger charge is 2.30. The van der Waals surface area contributed by atoms with Gasteiger partial charge in [0.1, 0.15) is 5.75 Å². The third-order valence-corrected chi connectivity index (χ3v) is 5.46. The van der Waals surface area contributed by atoms with E-state index in [9.17, 15) is 0 Å². The second kappa shape index (κ2) is 9.17. The van der Waals surface area contributed by atoms with Crippen LogP contribution >= 0.6 is 0 Å². The van der Waals surface area contributed by atoms with Crippen molar-refractivity contribution in [1.29, 1.82) is 0 Å². The number of hydrogen-bond acceptors (Lipinski definition) is 2. The van der Waals surface area contributed by atoms with Crippen molar-refractivity contribution in [2.75, 3.05) is 7.11 Å². The molecule has 0 amide bonds. The number of ether oxygens (including phenoxy) is 1. The van der Waals surface area contributed by atoms with Crippen molar-refractivity contribution >= 4 is 0 Å². The molecule has 0 saturated carbocycles. The molecule has 1 heterocycles. The minimum atomic E-state index is 0.0959. The van der Waals surface area contributed by atoms with Gasteiger partial charge in [-0.1, -0.05) is 55.4 Å². The van der Waals surface area contributed by atoms with Gasteiger partial charge in [0.2, 0.25) is 0 Å². The maximum Gasteiger partial charge on any atom is 0.141 e. The molecule has 0 spiro atoms. The molecule has 0 N–H and O–H groups in total. The molecule has 0 aliphatic rings. The minimum absolute atomic E-state index is 0.0959. The fourth-order valence-electron chi connectivity index (χ4n) is 2.63. The molecule has 1 aromatic rings. The van der Waals surface area contributed by atoms with Crippen molar-refractivity contribution in [3.8, 4) is 5.75 Å². The summed E-state index contributed by atoms with van der Waals surface area (Å²) in [5, 5.41) is 0. The molecule has 1 rings (SSSR count). The third kappa shape index (κ3) is 4.24. The fourth-order valence-corrected chi connectivity index (χ4v) is 2.63. The zero-order chi connectivity index (χ0) is 17.4. The van der Waals surface area contributed by atoms with Gasteiger partial charge in [-0.05, 0) is 42.7 Å². The average molecular weight is 308 g/mol. The van der Waals surface area contributed by atoms with E-state index in [0.717, 1.165) is 37.1 Å².